The molecule has 0 aliphatic heterocycles. The van der Waals surface area contributed by atoms with Crippen molar-refractivity contribution in [3.8, 4) is 0 Å². The zero-order chi connectivity index (χ0) is 8.81. The van der Waals surface area contributed by atoms with E-state index in [1.54, 1.807) is 6.42 Å². The van der Waals surface area contributed by atoms with Crippen molar-refractivity contribution in [1.29, 1.82) is 0 Å². The van der Waals surface area contributed by atoms with E-state index in [2.05, 4.69) is 13.8 Å². The maximum Gasteiger partial charge on any atom is -0.0412 e. The van der Waals surface area contributed by atoms with E-state index in [4.69, 9.17) is 0 Å². The summed E-state index contributed by atoms with van der Waals surface area (Å²) in [5, 5.41) is 0. The summed E-state index contributed by atoms with van der Waals surface area (Å²) >= 11 is 0. The molecule has 0 radical (unpaired) electrons. The normalized spacial score (nSPS) is 18.2. The maximum atomic E-state index is 2.32. The molecule has 1 aliphatic carbocycles. The van der Waals surface area contributed by atoms with E-state index in [1.807, 2.05) is 0 Å². The van der Waals surface area contributed by atoms with Crippen LogP contribution in [0.15, 0.2) is 0 Å². The lowest BCUT2D eigenvalue weighted by Crippen LogP contribution is -2.15. The summed E-state index contributed by atoms with van der Waals surface area (Å²) in [5.41, 5.74) is 0. The minimum Gasteiger partial charge on any atom is -0.0654 e. The first-order valence-corrected chi connectivity index (χ1v) is 5.86. The van der Waals surface area contributed by atoms with Crippen LogP contribution in [-0.4, -0.2) is 0 Å². The van der Waals surface area contributed by atoms with Crippen LogP contribution in [-0.2, 0) is 0 Å². The fraction of sp³-hybridized carbons (Fsp3) is 1.00. The first-order chi connectivity index (χ1) is 5.86. The van der Waals surface area contributed by atoms with Crippen molar-refractivity contribution in [2.45, 2.75) is 65.2 Å². The Morgan fingerprint density at radius 2 is 1.67 bits per heavy atom. The largest absolute Gasteiger partial charge is 0.0654 e. The molecule has 0 aromatic heterocycles. The van der Waals surface area contributed by atoms with E-state index in [9.17, 15) is 0 Å². The molecule has 0 heteroatoms. The Kier molecular flexibility index (Phi) is 4.72. The molecular weight excluding hydrogens is 144 g/mol. The van der Waals surface area contributed by atoms with Gasteiger partial charge in [-0.2, -0.15) is 0 Å². The third kappa shape index (κ3) is 3.16. The van der Waals surface area contributed by atoms with Gasteiger partial charge in [0.15, 0.2) is 0 Å². The van der Waals surface area contributed by atoms with Gasteiger partial charge in [-0.15, -0.1) is 0 Å². The molecule has 0 spiro atoms. The highest BCUT2D eigenvalue weighted by Crippen LogP contribution is 2.34. The first kappa shape index (κ1) is 10.1. The van der Waals surface area contributed by atoms with Crippen LogP contribution in [0.4, 0.5) is 0 Å². The van der Waals surface area contributed by atoms with Gasteiger partial charge < -0.3 is 0 Å². The summed E-state index contributed by atoms with van der Waals surface area (Å²) in [5.74, 6) is 2.18. The van der Waals surface area contributed by atoms with Crippen LogP contribution >= 0.6 is 0 Å². The van der Waals surface area contributed by atoms with Crippen LogP contribution in [0.2, 0.25) is 0 Å². The van der Waals surface area contributed by atoms with E-state index in [-0.39, 0.29) is 0 Å². The summed E-state index contributed by atoms with van der Waals surface area (Å²) in [4.78, 5) is 0. The summed E-state index contributed by atoms with van der Waals surface area (Å²) < 4.78 is 0. The predicted molar refractivity (Wildman–Crippen MR) is 55.3 cm³/mol. The Balaban J connectivity index is 2.11. The minimum atomic E-state index is 1.06. The molecule has 0 bridgehead atoms. The molecular formula is C12H24. The van der Waals surface area contributed by atoms with Gasteiger partial charge in [0, 0.05) is 0 Å². The third-order valence-corrected chi connectivity index (χ3v) is 3.29. The van der Waals surface area contributed by atoms with Gasteiger partial charge in [0.1, 0.15) is 0 Å². The van der Waals surface area contributed by atoms with E-state index in [0.717, 1.165) is 11.8 Å². The summed E-state index contributed by atoms with van der Waals surface area (Å²) in [7, 11) is 0. The SMILES string of the molecule is CCCC(CCC)CC1CCC1. The lowest BCUT2D eigenvalue weighted by Gasteiger charge is -2.29. The maximum absolute atomic E-state index is 2.32. The van der Waals surface area contributed by atoms with Gasteiger partial charge in [-0.25, -0.2) is 0 Å². The topological polar surface area (TPSA) is 0 Å². The second kappa shape index (κ2) is 5.61. The zero-order valence-electron chi connectivity index (χ0n) is 8.81. The molecule has 0 aromatic rings. The Morgan fingerprint density at radius 1 is 1.08 bits per heavy atom. The Morgan fingerprint density at radius 3 is 2.00 bits per heavy atom. The van der Waals surface area contributed by atoms with Crippen LogP contribution in [0, 0.1) is 11.8 Å². The van der Waals surface area contributed by atoms with Gasteiger partial charge in [-0.3, -0.25) is 0 Å². The molecule has 72 valence electrons. The molecule has 0 atom stereocenters. The number of hydrogen-bond acceptors (Lipinski definition) is 0. The second-order valence-electron chi connectivity index (χ2n) is 4.48. The van der Waals surface area contributed by atoms with Crippen molar-refractivity contribution in [3.05, 3.63) is 0 Å². The van der Waals surface area contributed by atoms with E-state index in [1.165, 1.54) is 44.9 Å². The average molecular weight is 168 g/mol. The summed E-state index contributed by atoms with van der Waals surface area (Å²) in [6, 6.07) is 0. The van der Waals surface area contributed by atoms with Crippen LogP contribution in [0.1, 0.15) is 65.2 Å². The van der Waals surface area contributed by atoms with Crippen LogP contribution < -0.4 is 0 Å². The van der Waals surface area contributed by atoms with E-state index >= 15 is 0 Å². The second-order valence-corrected chi connectivity index (χ2v) is 4.48. The highest BCUT2D eigenvalue weighted by Gasteiger charge is 2.20. The molecule has 1 aliphatic rings. The molecule has 12 heavy (non-hydrogen) atoms. The molecule has 1 saturated carbocycles. The van der Waals surface area contributed by atoms with Crippen molar-refractivity contribution in [3.63, 3.8) is 0 Å². The van der Waals surface area contributed by atoms with Crippen molar-refractivity contribution < 1.29 is 0 Å². The van der Waals surface area contributed by atoms with E-state index < -0.39 is 0 Å². The highest BCUT2D eigenvalue weighted by molar-refractivity contribution is 4.73. The van der Waals surface area contributed by atoms with Crippen molar-refractivity contribution in [1.82, 2.24) is 0 Å². The first-order valence-electron chi connectivity index (χ1n) is 5.86. The van der Waals surface area contributed by atoms with Gasteiger partial charge >= 0.3 is 0 Å². The standard InChI is InChI=1S/C12H24/c1-3-6-11(7-4-2)10-12-8-5-9-12/h11-12H,3-10H2,1-2H3. The predicted octanol–water partition coefficient (Wildman–Crippen LogP) is 4.39. The summed E-state index contributed by atoms with van der Waals surface area (Å²) in [6.45, 7) is 4.65. The van der Waals surface area contributed by atoms with Crippen molar-refractivity contribution in [2.24, 2.45) is 11.8 Å². The minimum absolute atomic E-state index is 1.06. The molecule has 0 aromatic carbocycles. The monoisotopic (exact) mass is 168 g/mol. The molecule has 0 heterocycles. The molecule has 0 amide bonds. The average Bonchev–Trinajstić information content (AvgIpc) is 1.97. The van der Waals surface area contributed by atoms with Gasteiger partial charge in [0.2, 0.25) is 0 Å². The van der Waals surface area contributed by atoms with E-state index in [0.29, 0.717) is 0 Å². The molecule has 0 nitrogen and oxygen atoms in total. The van der Waals surface area contributed by atoms with Gasteiger partial charge in [0.25, 0.3) is 0 Å². The molecule has 0 saturated heterocycles. The fourth-order valence-corrected chi connectivity index (χ4v) is 2.40. The third-order valence-electron chi connectivity index (χ3n) is 3.29. The number of hydrogen-bond donors (Lipinski definition) is 0. The van der Waals surface area contributed by atoms with Crippen LogP contribution in [0.5, 0.6) is 0 Å². The highest BCUT2D eigenvalue weighted by atomic mass is 14.3. The molecule has 0 unspecified atom stereocenters. The fourth-order valence-electron chi connectivity index (χ4n) is 2.40. The van der Waals surface area contributed by atoms with Gasteiger partial charge in [-0.1, -0.05) is 58.8 Å². The zero-order valence-corrected chi connectivity index (χ0v) is 8.81. The molecule has 0 N–H and O–H groups in total. The lowest BCUT2D eigenvalue weighted by molar-refractivity contribution is 0.233. The van der Waals surface area contributed by atoms with Gasteiger partial charge in [0.05, 0.1) is 0 Å². The Hall–Kier alpha value is 0. The Labute approximate surface area is 77.7 Å². The summed E-state index contributed by atoms with van der Waals surface area (Å²) in [6.07, 6.45) is 11.8. The number of rotatable bonds is 6. The molecule has 1 fully saturated rings. The smallest absolute Gasteiger partial charge is 0.0412 e. The van der Waals surface area contributed by atoms with Gasteiger partial charge in [-0.05, 0) is 18.3 Å². The Bertz CT molecular complexity index is 96.6. The van der Waals surface area contributed by atoms with Crippen molar-refractivity contribution >= 4 is 0 Å². The lowest BCUT2D eigenvalue weighted by atomic mass is 9.77. The van der Waals surface area contributed by atoms with Crippen LogP contribution in [0.3, 0.4) is 0 Å². The quantitative estimate of drug-likeness (QED) is 0.551. The van der Waals surface area contributed by atoms with Crippen LogP contribution in [0.25, 0.3) is 0 Å². The van der Waals surface area contributed by atoms with Crippen molar-refractivity contribution in [2.75, 3.05) is 0 Å². The molecule has 1 rings (SSSR count).